The number of hydrogen-bond acceptors (Lipinski definition) is 3. The van der Waals surface area contributed by atoms with Gasteiger partial charge in [-0.05, 0) is 43.3 Å². The van der Waals surface area contributed by atoms with Gasteiger partial charge in [0, 0.05) is 32.9 Å². The number of halogens is 1. The molecule has 0 saturated carbocycles. The molecule has 2 N–H and O–H groups in total. The molecule has 5 nitrogen and oxygen atoms in total. The Bertz CT molecular complexity index is 682. The van der Waals surface area contributed by atoms with Crippen LogP contribution in [0.15, 0.2) is 47.6 Å². The van der Waals surface area contributed by atoms with E-state index in [1.54, 1.807) is 13.2 Å². The van der Waals surface area contributed by atoms with E-state index in [2.05, 4.69) is 63.9 Å². The maximum atomic E-state index is 5.80. The minimum Gasteiger partial charge on any atom is -0.356 e. The molecule has 1 aromatic carbocycles. The van der Waals surface area contributed by atoms with E-state index in [1.165, 1.54) is 11.1 Å². The van der Waals surface area contributed by atoms with Crippen molar-refractivity contribution in [2.45, 2.75) is 19.5 Å². The highest BCUT2D eigenvalue weighted by Gasteiger charge is 2.01. The largest absolute Gasteiger partial charge is 0.356 e. The van der Waals surface area contributed by atoms with Crippen LogP contribution < -0.4 is 10.6 Å². The van der Waals surface area contributed by atoms with E-state index in [-0.39, 0.29) is 0 Å². The lowest BCUT2D eigenvalue weighted by atomic mass is 10.1. The summed E-state index contributed by atoms with van der Waals surface area (Å²) in [4.78, 5) is 10.5. The van der Waals surface area contributed by atoms with Crippen molar-refractivity contribution >= 4 is 17.6 Å². The van der Waals surface area contributed by atoms with Crippen LogP contribution in [0.3, 0.4) is 0 Å². The van der Waals surface area contributed by atoms with E-state index in [1.807, 2.05) is 12.1 Å². The van der Waals surface area contributed by atoms with Gasteiger partial charge in [0.2, 0.25) is 0 Å². The van der Waals surface area contributed by atoms with Gasteiger partial charge >= 0.3 is 0 Å². The van der Waals surface area contributed by atoms with Crippen molar-refractivity contribution in [3.63, 3.8) is 0 Å². The van der Waals surface area contributed by atoms with Crippen LogP contribution in [0.2, 0.25) is 5.15 Å². The molecule has 1 heterocycles. The summed E-state index contributed by atoms with van der Waals surface area (Å²) in [6.45, 7) is 2.46. The SMILES string of the molecule is CN=C(NCCc1ccc(Cl)nc1)NCc1cccc(CN(C)C)c1. The van der Waals surface area contributed by atoms with E-state index in [0.717, 1.165) is 37.6 Å². The highest BCUT2D eigenvalue weighted by Crippen LogP contribution is 2.07. The third kappa shape index (κ3) is 7.11. The van der Waals surface area contributed by atoms with Crippen LogP contribution in [-0.2, 0) is 19.5 Å². The minimum atomic E-state index is 0.519. The molecule has 0 spiro atoms. The van der Waals surface area contributed by atoms with Crippen LogP contribution in [0.4, 0.5) is 0 Å². The number of hydrogen-bond donors (Lipinski definition) is 2. The first-order valence-electron chi connectivity index (χ1n) is 8.34. The fourth-order valence-electron chi connectivity index (χ4n) is 2.49. The lowest BCUT2D eigenvalue weighted by molar-refractivity contribution is 0.402. The summed E-state index contributed by atoms with van der Waals surface area (Å²) in [6.07, 6.45) is 2.67. The minimum absolute atomic E-state index is 0.519. The molecule has 0 aliphatic rings. The average molecular weight is 360 g/mol. The number of aliphatic imine (C=N–C) groups is 1. The number of nitrogens with zero attached hydrogens (tertiary/aromatic N) is 3. The molecule has 0 aliphatic heterocycles. The van der Waals surface area contributed by atoms with Crippen molar-refractivity contribution in [2.75, 3.05) is 27.7 Å². The normalized spacial score (nSPS) is 11.6. The lowest BCUT2D eigenvalue weighted by Gasteiger charge is -2.14. The molecule has 1 aromatic heterocycles. The molecule has 0 unspecified atom stereocenters. The summed E-state index contributed by atoms with van der Waals surface area (Å²) in [5.41, 5.74) is 3.69. The first-order valence-corrected chi connectivity index (χ1v) is 8.72. The van der Waals surface area contributed by atoms with Crippen LogP contribution in [0, 0.1) is 0 Å². The summed E-state index contributed by atoms with van der Waals surface area (Å²) in [7, 11) is 5.93. The Labute approximate surface area is 155 Å². The molecule has 2 aromatic rings. The zero-order valence-corrected chi connectivity index (χ0v) is 15.8. The maximum Gasteiger partial charge on any atom is 0.191 e. The van der Waals surface area contributed by atoms with Crippen LogP contribution >= 0.6 is 11.6 Å². The first-order chi connectivity index (χ1) is 12.1. The molecule has 6 heteroatoms. The first kappa shape index (κ1) is 19.2. The molecule has 0 atom stereocenters. The third-order valence-electron chi connectivity index (χ3n) is 3.67. The summed E-state index contributed by atoms with van der Waals surface area (Å²) in [5, 5.41) is 7.19. The van der Waals surface area contributed by atoms with Gasteiger partial charge in [-0.25, -0.2) is 4.98 Å². The molecule has 0 amide bonds. The fourth-order valence-corrected chi connectivity index (χ4v) is 2.60. The second kappa shape index (κ2) is 10.0. The lowest BCUT2D eigenvalue weighted by Crippen LogP contribution is -2.37. The summed E-state index contributed by atoms with van der Waals surface area (Å²) in [5.74, 6) is 0.792. The van der Waals surface area contributed by atoms with E-state index in [4.69, 9.17) is 11.6 Å². The highest BCUT2D eigenvalue weighted by molar-refractivity contribution is 6.29. The molecular weight excluding hydrogens is 334 g/mol. The van der Waals surface area contributed by atoms with Gasteiger partial charge in [-0.3, -0.25) is 4.99 Å². The van der Waals surface area contributed by atoms with E-state index >= 15 is 0 Å². The monoisotopic (exact) mass is 359 g/mol. The van der Waals surface area contributed by atoms with Crippen LogP contribution in [0.5, 0.6) is 0 Å². The Hall–Kier alpha value is -2.11. The van der Waals surface area contributed by atoms with Gasteiger partial charge in [-0.1, -0.05) is 41.9 Å². The third-order valence-corrected chi connectivity index (χ3v) is 3.89. The predicted octanol–water partition coefficient (Wildman–Crippen LogP) is 2.70. The molecule has 25 heavy (non-hydrogen) atoms. The van der Waals surface area contributed by atoms with Crippen LogP contribution in [0.25, 0.3) is 0 Å². The quantitative estimate of drug-likeness (QED) is 0.453. The number of guanidine groups is 1. The van der Waals surface area contributed by atoms with Gasteiger partial charge in [0.1, 0.15) is 5.15 Å². The van der Waals surface area contributed by atoms with Crippen molar-refractivity contribution < 1.29 is 0 Å². The molecule has 0 saturated heterocycles. The Morgan fingerprint density at radius 2 is 1.92 bits per heavy atom. The molecule has 0 fully saturated rings. The van der Waals surface area contributed by atoms with Crippen molar-refractivity contribution in [3.05, 3.63) is 64.4 Å². The Morgan fingerprint density at radius 3 is 2.60 bits per heavy atom. The van der Waals surface area contributed by atoms with Crippen molar-refractivity contribution in [1.29, 1.82) is 0 Å². The summed E-state index contributed by atoms with van der Waals surface area (Å²) < 4.78 is 0. The zero-order chi connectivity index (χ0) is 18.1. The van der Waals surface area contributed by atoms with E-state index in [0.29, 0.717) is 5.15 Å². The van der Waals surface area contributed by atoms with Gasteiger partial charge in [-0.2, -0.15) is 0 Å². The molecule has 134 valence electrons. The van der Waals surface area contributed by atoms with Gasteiger partial charge in [0.05, 0.1) is 0 Å². The van der Waals surface area contributed by atoms with E-state index in [9.17, 15) is 0 Å². The second-order valence-electron chi connectivity index (χ2n) is 6.15. The standard InChI is InChI=1S/C19H26ClN5/c1-21-19(22-10-9-15-7-8-18(20)23-12-15)24-13-16-5-4-6-17(11-16)14-25(2)3/h4-8,11-12H,9-10,13-14H2,1-3H3,(H2,21,22,24). The summed E-state index contributed by atoms with van der Waals surface area (Å²) >= 11 is 5.80. The molecular formula is C19H26ClN5. The second-order valence-corrected chi connectivity index (χ2v) is 6.54. The van der Waals surface area contributed by atoms with Crippen LogP contribution in [-0.4, -0.2) is 43.5 Å². The average Bonchev–Trinajstić information content (AvgIpc) is 2.59. The summed E-state index contributed by atoms with van der Waals surface area (Å²) in [6, 6.07) is 12.4. The van der Waals surface area contributed by atoms with E-state index < -0.39 is 0 Å². The number of rotatable bonds is 7. The maximum absolute atomic E-state index is 5.80. The number of pyridine rings is 1. The number of benzene rings is 1. The molecule has 2 rings (SSSR count). The molecule has 0 radical (unpaired) electrons. The highest BCUT2D eigenvalue weighted by atomic mass is 35.5. The number of aromatic nitrogens is 1. The fraction of sp³-hybridized carbons (Fsp3) is 0.368. The predicted molar refractivity (Wildman–Crippen MR) is 105 cm³/mol. The Balaban J connectivity index is 1.79. The Kier molecular flexibility index (Phi) is 7.70. The molecule has 0 aliphatic carbocycles. The smallest absolute Gasteiger partial charge is 0.191 e. The Morgan fingerprint density at radius 1 is 1.12 bits per heavy atom. The zero-order valence-electron chi connectivity index (χ0n) is 15.1. The van der Waals surface area contributed by atoms with Gasteiger partial charge < -0.3 is 15.5 Å². The van der Waals surface area contributed by atoms with Gasteiger partial charge in [0.25, 0.3) is 0 Å². The van der Waals surface area contributed by atoms with Gasteiger partial charge in [-0.15, -0.1) is 0 Å². The van der Waals surface area contributed by atoms with Crippen molar-refractivity contribution in [2.24, 2.45) is 4.99 Å². The van der Waals surface area contributed by atoms with Crippen molar-refractivity contribution in [3.8, 4) is 0 Å². The van der Waals surface area contributed by atoms with Gasteiger partial charge in [0.15, 0.2) is 5.96 Å². The number of nitrogens with one attached hydrogen (secondary N) is 2. The topological polar surface area (TPSA) is 52.6 Å². The van der Waals surface area contributed by atoms with Crippen LogP contribution in [0.1, 0.15) is 16.7 Å². The van der Waals surface area contributed by atoms with Crippen molar-refractivity contribution in [1.82, 2.24) is 20.5 Å². The molecule has 0 bridgehead atoms.